The van der Waals surface area contributed by atoms with Crippen LogP contribution in [0.15, 0.2) is 0 Å². The summed E-state index contributed by atoms with van der Waals surface area (Å²) in [7, 11) is 0. The Morgan fingerprint density at radius 1 is 1.00 bits per heavy atom. The predicted molar refractivity (Wildman–Crippen MR) is 79.3 cm³/mol. The van der Waals surface area contributed by atoms with Crippen molar-refractivity contribution in [2.45, 2.75) is 95.3 Å². The van der Waals surface area contributed by atoms with E-state index in [1.165, 1.54) is 70.6 Å². The second-order valence-electron chi connectivity index (χ2n) is 7.17. The summed E-state index contributed by atoms with van der Waals surface area (Å²) in [5.74, 6) is 0.962. The van der Waals surface area contributed by atoms with Gasteiger partial charge in [0.05, 0.1) is 11.7 Å². The number of morpholine rings is 1. The highest BCUT2D eigenvalue weighted by atomic mass is 16.5. The van der Waals surface area contributed by atoms with E-state index in [0.717, 1.165) is 12.5 Å². The molecular formula is C17H31NO. The molecule has 0 aromatic rings. The number of fused-ring (bicyclic) bond motifs is 1. The molecule has 1 aliphatic heterocycles. The highest BCUT2D eigenvalue weighted by molar-refractivity contribution is 4.97. The predicted octanol–water partition coefficient (Wildman–Crippen LogP) is 4.04. The third kappa shape index (κ3) is 3.16. The molecule has 1 heterocycles. The Hall–Kier alpha value is -0.0800. The molecule has 0 aromatic carbocycles. The molecule has 2 unspecified atom stereocenters. The number of rotatable bonds is 1. The van der Waals surface area contributed by atoms with Crippen LogP contribution in [0.25, 0.3) is 0 Å². The van der Waals surface area contributed by atoms with Gasteiger partial charge in [0.25, 0.3) is 0 Å². The smallest absolute Gasteiger partial charge is 0.0811 e. The van der Waals surface area contributed by atoms with Crippen molar-refractivity contribution in [3.8, 4) is 0 Å². The first-order valence-corrected chi connectivity index (χ1v) is 8.72. The van der Waals surface area contributed by atoms with Crippen molar-refractivity contribution in [1.29, 1.82) is 0 Å². The molecule has 0 radical (unpaired) electrons. The lowest BCUT2D eigenvalue weighted by molar-refractivity contribution is -0.160. The van der Waals surface area contributed by atoms with Gasteiger partial charge in [-0.3, -0.25) is 0 Å². The summed E-state index contributed by atoms with van der Waals surface area (Å²) in [4.78, 5) is 0. The van der Waals surface area contributed by atoms with Crippen LogP contribution < -0.4 is 5.32 Å². The van der Waals surface area contributed by atoms with E-state index in [2.05, 4.69) is 12.2 Å². The molecule has 19 heavy (non-hydrogen) atoms. The minimum atomic E-state index is 0.200. The third-order valence-electron chi connectivity index (χ3n) is 5.88. The van der Waals surface area contributed by atoms with E-state index in [0.29, 0.717) is 12.1 Å². The Morgan fingerprint density at radius 2 is 1.74 bits per heavy atom. The van der Waals surface area contributed by atoms with Crippen LogP contribution in [0.3, 0.4) is 0 Å². The minimum Gasteiger partial charge on any atom is -0.369 e. The van der Waals surface area contributed by atoms with Gasteiger partial charge in [0.15, 0.2) is 0 Å². The van der Waals surface area contributed by atoms with Crippen molar-refractivity contribution in [2.24, 2.45) is 5.92 Å². The molecule has 1 N–H and O–H groups in total. The van der Waals surface area contributed by atoms with Crippen LogP contribution in [0.1, 0.15) is 77.6 Å². The maximum Gasteiger partial charge on any atom is 0.0811 e. The van der Waals surface area contributed by atoms with Crippen LogP contribution in [0, 0.1) is 5.92 Å². The fraction of sp³-hybridized carbons (Fsp3) is 1.00. The molecule has 110 valence electrons. The molecule has 2 atom stereocenters. The Bertz CT molecular complexity index is 283. The third-order valence-corrected chi connectivity index (χ3v) is 5.88. The molecule has 1 spiro atoms. The van der Waals surface area contributed by atoms with Gasteiger partial charge in [0.2, 0.25) is 0 Å². The average molecular weight is 265 g/mol. The van der Waals surface area contributed by atoms with Crippen LogP contribution in [-0.4, -0.2) is 24.3 Å². The summed E-state index contributed by atoms with van der Waals surface area (Å²) in [6, 6.07) is 0.648. The first-order chi connectivity index (χ1) is 9.31. The lowest BCUT2D eigenvalue weighted by Gasteiger charge is -2.49. The zero-order valence-corrected chi connectivity index (χ0v) is 12.6. The highest BCUT2D eigenvalue weighted by Gasteiger charge is 2.43. The van der Waals surface area contributed by atoms with Crippen LogP contribution in [-0.2, 0) is 4.74 Å². The van der Waals surface area contributed by atoms with E-state index < -0.39 is 0 Å². The van der Waals surface area contributed by atoms with E-state index in [1.807, 2.05) is 0 Å². The van der Waals surface area contributed by atoms with Crippen LogP contribution >= 0.6 is 0 Å². The van der Waals surface area contributed by atoms with Gasteiger partial charge < -0.3 is 10.1 Å². The summed E-state index contributed by atoms with van der Waals surface area (Å²) in [6.45, 7) is 3.46. The van der Waals surface area contributed by atoms with Gasteiger partial charge in [-0.15, -0.1) is 0 Å². The van der Waals surface area contributed by atoms with Crippen molar-refractivity contribution >= 4 is 0 Å². The largest absolute Gasteiger partial charge is 0.369 e. The normalized spacial score (nSPS) is 44.4. The van der Waals surface area contributed by atoms with Crippen LogP contribution in [0.5, 0.6) is 0 Å². The second-order valence-corrected chi connectivity index (χ2v) is 7.17. The van der Waals surface area contributed by atoms with E-state index in [-0.39, 0.29) is 5.60 Å². The minimum absolute atomic E-state index is 0.200. The molecule has 1 saturated heterocycles. The van der Waals surface area contributed by atoms with E-state index in [4.69, 9.17) is 4.74 Å². The zero-order chi connectivity index (χ0) is 13.1. The van der Waals surface area contributed by atoms with Crippen LogP contribution in [0.4, 0.5) is 0 Å². The van der Waals surface area contributed by atoms with Crippen molar-refractivity contribution in [3.63, 3.8) is 0 Å². The SMILES string of the molecule is CCC1CCC2(CC1)CNC1CCCCCCC1O2. The zero-order valence-electron chi connectivity index (χ0n) is 12.6. The van der Waals surface area contributed by atoms with Crippen LogP contribution in [0.2, 0.25) is 0 Å². The summed E-state index contributed by atoms with van der Waals surface area (Å²) >= 11 is 0. The summed E-state index contributed by atoms with van der Waals surface area (Å²) in [5, 5.41) is 3.86. The lowest BCUT2D eigenvalue weighted by atomic mass is 9.76. The first kappa shape index (κ1) is 13.9. The molecule has 2 heteroatoms. The maximum atomic E-state index is 6.68. The average Bonchev–Trinajstić information content (AvgIpc) is 2.42. The summed E-state index contributed by atoms with van der Waals surface area (Å²) in [6.07, 6.45) is 15.4. The Kier molecular flexibility index (Phi) is 4.48. The van der Waals surface area contributed by atoms with Gasteiger partial charge in [-0.25, -0.2) is 0 Å². The molecule has 3 fully saturated rings. The number of nitrogens with one attached hydrogen (secondary N) is 1. The fourth-order valence-corrected chi connectivity index (χ4v) is 4.41. The molecule has 0 aromatic heterocycles. The van der Waals surface area contributed by atoms with Gasteiger partial charge in [-0.1, -0.05) is 39.0 Å². The molecular weight excluding hydrogens is 234 g/mol. The lowest BCUT2D eigenvalue weighted by Crippen LogP contribution is -2.60. The molecule has 3 rings (SSSR count). The quantitative estimate of drug-likeness (QED) is 0.772. The maximum absolute atomic E-state index is 6.68. The Morgan fingerprint density at radius 3 is 2.47 bits per heavy atom. The molecule has 2 nitrogen and oxygen atoms in total. The van der Waals surface area contributed by atoms with E-state index in [1.54, 1.807) is 0 Å². The molecule has 2 aliphatic carbocycles. The Balaban J connectivity index is 1.60. The van der Waals surface area contributed by atoms with Gasteiger partial charge in [-0.05, 0) is 44.4 Å². The monoisotopic (exact) mass is 265 g/mol. The number of hydrogen-bond acceptors (Lipinski definition) is 2. The highest BCUT2D eigenvalue weighted by Crippen LogP contribution is 2.40. The van der Waals surface area contributed by atoms with Gasteiger partial charge in [0, 0.05) is 12.6 Å². The number of hydrogen-bond donors (Lipinski definition) is 1. The molecule has 0 amide bonds. The number of ether oxygens (including phenoxy) is 1. The fourth-order valence-electron chi connectivity index (χ4n) is 4.41. The topological polar surface area (TPSA) is 21.3 Å². The molecule has 0 bridgehead atoms. The Labute approximate surface area is 118 Å². The van der Waals surface area contributed by atoms with Crippen molar-refractivity contribution in [1.82, 2.24) is 5.32 Å². The van der Waals surface area contributed by atoms with Crippen molar-refractivity contribution in [2.75, 3.05) is 6.54 Å². The summed E-state index contributed by atoms with van der Waals surface area (Å²) in [5.41, 5.74) is 0.200. The molecule has 2 saturated carbocycles. The van der Waals surface area contributed by atoms with Gasteiger partial charge in [-0.2, -0.15) is 0 Å². The first-order valence-electron chi connectivity index (χ1n) is 8.72. The van der Waals surface area contributed by atoms with E-state index >= 15 is 0 Å². The van der Waals surface area contributed by atoms with Gasteiger partial charge >= 0.3 is 0 Å². The standard InChI is InChI=1S/C17H31NO/c1-2-14-9-11-17(12-10-14)13-18-15-7-5-3-4-6-8-16(15)19-17/h14-16,18H,2-13H2,1H3. The second kappa shape index (κ2) is 6.13. The summed E-state index contributed by atoms with van der Waals surface area (Å²) < 4.78 is 6.68. The van der Waals surface area contributed by atoms with Crippen molar-refractivity contribution in [3.05, 3.63) is 0 Å². The van der Waals surface area contributed by atoms with E-state index in [9.17, 15) is 0 Å². The van der Waals surface area contributed by atoms with Crippen molar-refractivity contribution < 1.29 is 4.74 Å². The molecule has 3 aliphatic rings. The van der Waals surface area contributed by atoms with Gasteiger partial charge in [0.1, 0.15) is 0 Å².